The van der Waals surface area contributed by atoms with Gasteiger partial charge in [-0.3, -0.25) is 9.69 Å². The van der Waals surface area contributed by atoms with Crippen molar-refractivity contribution in [1.29, 1.82) is 0 Å². The van der Waals surface area contributed by atoms with Crippen molar-refractivity contribution in [3.63, 3.8) is 0 Å². The van der Waals surface area contributed by atoms with E-state index in [-0.39, 0.29) is 30.7 Å². The van der Waals surface area contributed by atoms with Gasteiger partial charge < -0.3 is 19.1 Å². The fourth-order valence-corrected chi connectivity index (χ4v) is 6.16. The molecule has 0 bridgehead atoms. The van der Waals surface area contributed by atoms with Crippen molar-refractivity contribution in [3.8, 4) is 28.0 Å². The molecule has 288 valence electrons. The van der Waals surface area contributed by atoms with Gasteiger partial charge in [-0.25, -0.2) is 23.5 Å². The molecule has 5 rings (SSSR count). The quantitative estimate of drug-likeness (QED) is 0.0805. The summed E-state index contributed by atoms with van der Waals surface area (Å²) in [6.07, 6.45) is -10.5. The number of likely N-dealkylation sites (N-methyl/N-ethyl adjacent to an activating group) is 1. The molecule has 1 fully saturated rings. The van der Waals surface area contributed by atoms with E-state index in [4.69, 9.17) is 14.2 Å². The zero-order valence-corrected chi connectivity index (χ0v) is 29.5. The number of ether oxygens (including phenoxy) is 3. The number of benzene rings is 3. The third-order valence-electron chi connectivity index (χ3n) is 9.10. The molecular weight excluding hydrogens is 732 g/mol. The lowest BCUT2D eigenvalue weighted by molar-refractivity contribution is -0.143. The summed E-state index contributed by atoms with van der Waals surface area (Å²) in [6, 6.07) is 10.1. The van der Waals surface area contributed by atoms with E-state index in [1.54, 1.807) is 43.3 Å². The second kappa shape index (κ2) is 15.2. The van der Waals surface area contributed by atoms with Crippen molar-refractivity contribution in [2.24, 2.45) is 0 Å². The molecule has 9 nitrogen and oxygen atoms in total. The van der Waals surface area contributed by atoms with Crippen LogP contribution in [0.1, 0.15) is 51.3 Å². The molecule has 0 spiro atoms. The number of alkyl halides is 8. The molecule has 0 unspecified atom stereocenters. The van der Waals surface area contributed by atoms with E-state index in [9.17, 15) is 44.7 Å². The first-order valence-electron chi connectivity index (χ1n) is 16.2. The average molecular weight is 767 g/mol. The van der Waals surface area contributed by atoms with Gasteiger partial charge in [0.25, 0.3) is 12.4 Å². The second-order valence-corrected chi connectivity index (χ2v) is 12.8. The van der Waals surface area contributed by atoms with Crippen LogP contribution in [-0.2, 0) is 33.2 Å². The van der Waals surface area contributed by atoms with Crippen LogP contribution in [0.15, 0.2) is 60.8 Å². The van der Waals surface area contributed by atoms with E-state index in [1.807, 2.05) is 0 Å². The highest BCUT2D eigenvalue weighted by molar-refractivity contribution is 5.91. The minimum absolute atomic E-state index is 0.0274. The first-order chi connectivity index (χ1) is 25.3. The van der Waals surface area contributed by atoms with Crippen LogP contribution in [0.5, 0.6) is 5.75 Å². The number of aromatic nitrogens is 2. The Hall–Kier alpha value is -5.32. The van der Waals surface area contributed by atoms with Gasteiger partial charge in [-0.1, -0.05) is 12.1 Å². The molecule has 0 aliphatic carbocycles. The molecule has 1 aromatic heterocycles. The Bertz CT molecular complexity index is 2000. The minimum Gasteiger partial charge on any atom is -0.496 e. The summed E-state index contributed by atoms with van der Waals surface area (Å²) in [5.41, 5.74) is -0.191. The largest absolute Gasteiger partial charge is 0.496 e. The molecule has 4 aromatic rings. The van der Waals surface area contributed by atoms with Gasteiger partial charge in [-0.2, -0.15) is 26.3 Å². The van der Waals surface area contributed by atoms with Gasteiger partial charge in [0, 0.05) is 29.9 Å². The van der Waals surface area contributed by atoms with Gasteiger partial charge in [-0.15, -0.1) is 0 Å². The van der Waals surface area contributed by atoms with Gasteiger partial charge in [-0.05, 0) is 85.6 Å². The van der Waals surface area contributed by atoms with E-state index in [1.165, 1.54) is 44.2 Å². The summed E-state index contributed by atoms with van der Waals surface area (Å²) in [4.78, 5) is 35.3. The van der Waals surface area contributed by atoms with Gasteiger partial charge in [0.05, 0.1) is 49.7 Å². The van der Waals surface area contributed by atoms with Crippen molar-refractivity contribution in [2.45, 2.75) is 50.8 Å². The van der Waals surface area contributed by atoms with Crippen LogP contribution in [0.25, 0.3) is 22.3 Å². The molecule has 2 heterocycles. The topological polar surface area (TPSA) is 94.1 Å². The number of carbonyl (C=O) groups is 2. The molecule has 1 aliphatic rings. The van der Waals surface area contributed by atoms with Crippen molar-refractivity contribution in [1.82, 2.24) is 14.9 Å². The Balaban J connectivity index is 1.58. The van der Waals surface area contributed by atoms with Crippen LogP contribution in [0.2, 0.25) is 0 Å². The van der Waals surface area contributed by atoms with Gasteiger partial charge in [0.2, 0.25) is 5.95 Å². The predicted octanol–water partition coefficient (Wildman–Crippen LogP) is 8.14. The Morgan fingerprint density at radius 1 is 0.944 bits per heavy atom. The highest BCUT2D eigenvalue weighted by atomic mass is 19.4. The number of carbonyl (C=O) groups excluding carboxylic acids is 2. The van der Waals surface area contributed by atoms with Crippen molar-refractivity contribution in [2.75, 3.05) is 39.3 Å². The Kier molecular flexibility index (Phi) is 11.2. The summed E-state index contributed by atoms with van der Waals surface area (Å²) in [5, 5.41) is 0. The van der Waals surface area contributed by atoms with Crippen LogP contribution >= 0.6 is 0 Å². The first kappa shape index (κ1) is 39.9. The van der Waals surface area contributed by atoms with E-state index in [2.05, 4.69) is 9.97 Å². The molecule has 0 saturated carbocycles. The zero-order valence-electron chi connectivity index (χ0n) is 29.5. The van der Waals surface area contributed by atoms with Crippen LogP contribution in [-0.4, -0.2) is 73.6 Å². The number of hydrogen-bond acceptors (Lipinski definition) is 9. The number of methoxy groups -OCH3 is 2. The monoisotopic (exact) mass is 766 g/mol. The number of nitrogens with zero attached hydrogens (tertiary/aromatic N) is 4. The number of hydrogen-bond donors (Lipinski definition) is 0. The SMILES string of the molecule is COC(=O)c1ccc(-c2ccc(OC)c(-c3cnc(N4CC(F)(F)C4)nc3CN(C)[C@@H](C)[C@H](OC=O)c3cc(C(F)(F)F)cc(C(F)(F)F)c3)c2)c(C)c1. The number of anilines is 1. The third kappa shape index (κ3) is 8.56. The van der Waals surface area contributed by atoms with E-state index >= 15 is 0 Å². The lowest BCUT2D eigenvalue weighted by Crippen LogP contribution is -2.57. The third-order valence-corrected chi connectivity index (χ3v) is 9.10. The van der Waals surface area contributed by atoms with Crippen LogP contribution in [0, 0.1) is 6.92 Å². The molecule has 0 amide bonds. The van der Waals surface area contributed by atoms with E-state index in [0.29, 0.717) is 40.1 Å². The average Bonchev–Trinajstić information content (AvgIpc) is 3.10. The Labute approximate surface area is 304 Å². The molecule has 2 atom stereocenters. The number of esters is 1. The Morgan fingerprint density at radius 2 is 1.59 bits per heavy atom. The molecular formula is C37H34F8N4O5. The summed E-state index contributed by atoms with van der Waals surface area (Å²) in [7, 11) is 4.17. The number of rotatable bonds is 12. The molecule has 54 heavy (non-hydrogen) atoms. The lowest BCUT2D eigenvalue weighted by Gasteiger charge is -2.39. The standard InChI is InChI=1S/C37H34F8N4O5/c1-20-10-23(33(51)53-5)6-8-27(20)22-7-9-31(52-4)28(13-22)29-15-46-34(49-17-35(38,39)18-49)47-30(29)16-48(3)21(2)32(54-19-50)24-11-25(36(40,41)42)14-26(12-24)37(43,44)45/h6-15,19,21,32H,16-18H2,1-5H3/t21-,32-/m0/s1. The highest BCUT2D eigenvalue weighted by Crippen LogP contribution is 2.41. The number of halogens is 8. The van der Waals surface area contributed by atoms with E-state index < -0.39 is 66.2 Å². The second-order valence-electron chi connectivity index (χ2n) is 12.8. The smallest absolute Gasteiger partial charge is 0.416 e. The van der Waals surface area contributed by atoms with Gasteiger partial charge >= 0.3 is 18.3 Å². The lowest BCUT2D eigenvalue weighted by atomic mass is 9.94. The molecule has 1 saturated heterocycles. The molecule has 1 aliphatic heterocycles. The maximum atomic E-state index is 13.9. The van der Waals surface area contributed by atoms with Crippen LogP contribution in [0.3, 0.4) is 0 Å². The maximum absolute atomic E-state index is 13.9. The maximum Gasteiger partial charge on any atom is 0.416 e. The summed E-state index contributed by atoms with van der Waals surface area (Å²) in [6.45, 7) is 1.68. The normalized spacial score (nSPS) is 15.3. The summed E-state index contributed by atoms with van der Waals surface area (Å²) in [5.74, 6) is -3.17. The Morgan fingerprint density at radius 3 is 2.13 bits per heavy atom. The number of aryl methyl sites for hydroxylation is 1. The minimum atomic E-state index is -5.15. The summed E-state index contributed by atoms with van der Waals surface area (Å²) < 4.78 is 126. The van der Waals surface area contributed by atoms with E-state index in [0.717, 1.165) is 11.1 Å². The van der Waals surface area contributed by atoms with Crippen molar-refractivity contribution >= 4 is 18.4 Å². The fraction of sp³-hybridized carbons (Fsp3) is 0.351. The van der Waals surface area contributed by atoms with Gasteiger partial charge in [0.1, 0.15) is 11.9 Å². The fourth-order valence-electron chi connectivity index (χ4n) is 6.16. The predicted molar refractivity (Wildman–Crippen MR) is 180 cm³/mol. The van der Waals surface area contributed by atoms with Crippen LogP contribution < -0.4 is 9.64 Å². The van der Waals surface area contributed by atoms with Crippen LogP contribution in [0.4, 0.5) is 41.1 Å². The molecule has 0 radical (unpaired) electrons. The molecule has 17 heteroatoms. The first-order valence-corrected chi connectivity index (χ1v) is 16.2. The van der Waals surface area contributed by atoms with Crippen molar-refractivity contribution < 1.29 is 58.9 Å². The summed E-state index contributed by atoms with van der Waals surface area (Å²) >= 11 is 0. The molecule has 3 aromatic carbocycles. The van der Waals surface area contributed by atoms with Gasteiger partial charge in [0.15, 0.2) is 0 Å². The van der Waals surface area contributed by atoms with Crippen molar-refractivity contribution in [3.05, 3.63) is 94.3 Å². The molecule has 0 N–H and O–H groups in total. The highest BCUT2D eigenvalue weighted by Gasteiger charge is 2.45. The zero-order chi connectivity index (χ0) is 39.7.